The number of pyridine rings is 1. The minimum Gasteiger partial charge on any atom is -0.396 e. The Morgan fingerprint density at radius 3 is 2.64 bits per heavy atom. The Morgan fingerprint density at radius 2 is 2.00 bits per heavy atom. The third-order valence-electron chi connectivity index (χ3n) is 3.15. The van der Waals surface area contributed by atoms with Crippen LogP contribution in [-0.2, 0) is 0 Å². The molecule has 1 aromatic carbocycles. The van der Waals surface area contributed by atoms with E-state index in [4.69, 9.17) is 40.5 Å². The summed E-state index contributed by atoms with van der Waals surface area (Å²) >= 11 is 17.6. The summed E-state index contributed by atoms with van der Waals surface area (Å²) < 4.78 is 0. The Balaban J connectivity index is 2.26. The zero-order valence-corrected chi connectivity index (χ0v) is 14.9. The summed E-state index contributed by atoms with van der Waals surface area (Å²) in [6.07, 6.45) is 0. The normalized spacial score (nSPS) is 11.3. The standard InChI is InChI=1S/C14H10Cl3N5O3/c1-6(7-3-2-4-8(5-7)22(24)25)20-21-14(23)12-9(15)11(18)10(16)13(17)19-12/h2-5H,1H3,(H2,18,19)(H,21,23)/p+1/b20-6-. The summed E-state index contributed by atoms with van der Waals surface area (Å²) in [6.45, 7) is 1.58. The summed E-state index contributed by atoms with van der Waals surface area (Å²) in [4.78, 5) is 25.0. The van der Waals surface area contributed by atoms with Crippen LogP contribution in [0.5, 0.6) is 0 Å². The number of nitro groups is 1. The number of aromatic nitrogens is 1. The third-order valence-corrected chi connectivity index (χ3v) is 4.31. The van der Waals surface area contributed by atoms with Gasteiger partial charge in [0.2, 0.25) is 0 Å². The number of benzene rings is 1. The van der Waals surface area contributed by atoms with Gasteiger partial charge in [0, 0.05) is 17.7 Å². The van der Waals surface area contributed by atoms with Crippen LogP contribution in [0.3, 0.4) is 0 Å². The zero-order chi connectivity index (χ0) is 18.7. The first-order chi connectivity index (χ1) is 11.7. The van der Waals surface area contributed by atoms with E-state index in [1.807, 2.05) is 0 Å². The molecule has 8 nitrogen and oxygen atoms in total. The molecule has 1 heterocycles. The number of nitro benzene ring substituents is 1. The highest BCUT2D eigenvalue weighted by Gasteiger charge is 2.26. The van der Waals surface area contributed by atoms with Crippen molar-refractivity contribution in [1.29, 1.82) is 0 Å². The zero-order valence-electron chi connectivity index (χ0n) is 12.6. The van der Waals surface area contributed by atoms with Gasteiger partial charge in [-0.25, -0.2) is 5.43 Å². The van der Waals surface area contributed by atoms with Crippen LogP contribution >= 0.6 is 34.8 Å². The van der Waals surface area contributed by atoms with Crippen molar-refractivity contribution in [3.8, 4) is 0 Å². The second kappa shape index (κ2) is 7.64. The molecule has 0 spiro atoms. The van der Waals surface area contributed by atoms with E-state index in [2.05, 4.69) is 15.5 Å². The lowest BCUT2D eigenvalue weighted by molar-refractivity contribution is -0.384. The quantitative estimate of drug-likeness (QED) is 0.352. The topological polar surface area (TPSA) is 125 Å². The highest BCUT2D eigenvalue weighted by molar-refractivity contribution is 6.45. The first kappa shape index (κ1) is 18.9. The minimum atomic E-state index is -0.708. The van der Waals surface area contributed by atoms with Crippen LogP contribution in [0.4, 0.5) is 11.4 Å². The second-order valence-electron chi connectivity index (χ2n) is 4.80. The maximum Gasteiger partial charge on any atom is 0.337 e. The summed E-state index contributed by atoms with van der Waals surface area (Å²) in [6, 6.07) is 5.82. The van der Waals surface area contributed by atoms with Gasteiger partial charge in [-0.2, -0.15) is 10.1 Å². The second-order valence-corrected chi connectivity index (χ2v) is 5.94. The van der Waals surface area contributed by atoms with E-state index in [1.165, 1.54) is 18.2 Å². The number of halogens is 3. The van der Waals surface area contributed by atoms with Crippen LogP contribution in [0.2, 0.25) is 15.2 Å². The molecule has 4 N–H and O–H groups in total. The van der Waals surface area contributed by atoms with Gasteiger partial charge >= 0.3 is 5.91 Å². The maximum atomic E-state index is 12.2. The van der Waals surface area contributed by atoms with Crippen LogP contribution in [0, 0.1) is 10.1 Å². The number of rotatable bonds is 4. The first-order valence-corrected chi connectivity index (χ1v) is 7.80. The fraction of sp³-hybridized carbons (Fsp3) is 0.0714. The van der Waals surface area contributed by atoms with E-state index in [1.54, 1.807) is 13.0 Å². The molecule has 0 radical (unpaired) electrons. The number of nitrogen functional groups attached to an aromatic ring is 1. The van der Waals surface area contributed by atoms with Crippen molar-refractivity contribution < 1.29 is 14.7 Å². The smallest absolute Gasteiger partial charge is 0.337 e. The molecule has 0 aliphatic rings. The Morgan fingerprint density at radius 1 is 1.32 bits per heavy atom. The molecular formula is C14H11Cl3N5O3+. The number of nitrogens with two attached hydrogens (primary N) is 1. The molecule has 2 aromatic rings. The molecule has 25 heavy (non-hydrogen) atoms. The van der Waals surface area contributed by atoms with Crippen LogP contribution in [0.1, 0.15) is 23.0 Å². The van der Waals surface area contributed by atoms with Gasteiger partial charge in [-0.1, -0.05) is 35.3 Å². The highest BCUT2D eigenvalue weighted by atomic mass is 35.5. The number of hydrazone groups is 1. The molecule has 0 aliphatic carbocycles. The number of non-ortho nitro benzene ring substituents is 1. The number of hydrogen-bond donors (Lipinski definition) is 2. The van der Waals surface area contributed by atoms with E-state index in [-0.39, 0.29) is 32.3 Å². The molecule has 0 fully saturated rings. The van der Waals surface area contributed by atoms with E-state index in [0.717, 1.165) is 0 Å². The molecular weight excluding hydrogens is 393 g/mol. The Labute approximate surface area is 156 Å². The van der Waals surface area contributed by atoms with E-state index in [0.29, 0.717) is 11.3 Å². The van der Waals surface area contributed by atoms with Gasteiger partial charge < -0.3 is 5.73 Å². The van der Waals surface area contributed by atoms with Gasteiger partial charge in [0.1, 0.15) is 10.0 Å². The van der Waals surface area contributed by atoms with Crippen molar-refractivity contribution in [3.05, 3.63) is 60.8 Å². The van der Waals surface area contributed by atoms with Crippen molar-refractivity contribution in [2.24, 2.45) is 5.10 Å². The molecule has 130 valence electrons. The number of carbonyl (C=O) groups excluding carboxylic acids is 1. The molecule has 1 amide bonds. The number of nitrogens with zero attached hydrogens (tertiary/aromatic N) is 2. The predicted octanol–water partition coefficient (Wildman–Crippen LogP) is 3.11. The molecule has 0 unspecified atom stereocenters. The third kappa shape index (κ3) is 4.16. The fourth-order valence-corrected chi connectivity index (χ4v) is 2.44. The largest absolute Gasteiger partial charge is 0.396 e. The average molecular weight is 404 g/mol. The summed E-state index contributed by atoms with van der Waals surface area (Å²) in [5, 5.41) is 14.5. The molecule has 11 heteroatoms. The number of hydrogen-bond acceptors (Lipinski definition) is 5. The van der Waals surface area contributed by atoms with Gasteiger partial charge in [0.25, 0.3) is 16.5 Å². The number of anilines is 1. The summed E-state index contributed by atoms with van der Waals surface area (Å²) in [5.74, 6) is -0.708. The Hall–Kier alpha value is -2.42. The monoisotopic (exact) mass is 402 g/mol. The Kier molecular flexibility index (Phi) is 5.78. The van der Waals surface area contributed by atoms with Crippen LogP contribution < -0.4 is 16.1 Å². The number of nitrogens with one attached hydrogen (secondary N) is 2. The lowest BCUT2D eigenvalue weighted by Crippen LogP contribution is -2.29. The fourth-order valence-electron chi connectivity index (χ4n) is 1.82. The van der Waals surface area contributed by atoms with Crippen molar-refractivity contribution in [2.75, 3.05) is 5.73 Å². The van der Waals surface area contributed by atoms with E-state index < -0.39 is 10.8 Å². The summed E-state index contributed by atoms with van der Waals surface area (Å²) in [5.41, 5.74) is 8.49. The van der Waals surface area contributed by atoms with Gasteiger partial charge in [-0.3, -0.25) is 14.9 Å². The molecule has 2 rings (SSSR count). The summed E-state index contributed by atoms with van der Waals surface area (Å²) in [7, 11) is 0. The van der Waals surface area contributed by atoms with Gasteiger partial charge in [0.05, 0.1) is 16.3 Å². The molecule has 0 saturated heterocycles. The van der Waals surface area contributed by atoms with Crippen molar-refractivity contribution in [1.82, 2.24) is 5.43 Å². The van der Waals surface area contributed by atoms with Crippen LogP contribution in [-0.4, -0.2) is 16.5 Å². The van der Waals surface area contributed by atoms with Crippen molar-refractivity contribution >= 4 is 57.8 Å². The molecule has 0 aliphatic heterocycles. The molecule has 0 bridgehead atoms. The molecule has 0 saturated carbocycles. The number of carbonyl (C=O) groups is 1. The van der Waals surface area contributed by atoms with E-state index in [9.17, 15) is 14.9 Å². The van der Waals surface area contributed by atoms with Crippen LogP contribution in [0.15, 0.2) is 29.4 Å². The molecule has 0 atom stereocenters. The lowest BCUT2D eigenvalue weighted by atomic mass is 10.1. The predicted molar refractivity (Wildman–Crippen MR) is 95.2 cm³/mol. The SMILES string of the molecule is C/C(=N/NC(=O)c1[nH+]c(Cl)c(Cl)c(N)c1Cl)c1cccc([N+](=O)[O-])c1. The van der Waals surface area contributed by atoms with Crippen molar-refractivity contribution in [3.63, 3.8) is 0 Å². The average Bonchev–Trinajstić information content (AvgIpc) is 2.60. The van der Waals surface area contributed by atoms with Crippen LogP contribution in [0.25, 0.3) is 0 Å². The van der Waals surface area contributed by atoms with Gasteiger partial charge in [-0.15, -0.1) is 0 Å². The number of aromatic amines is 1. The molecule has 1 aromatic heterocycles. The highest BCUT2D eigenvalue weighted by Crippen LogP contribution is 2.31. The first-order valence-electron chi connectivity index (χ1n) is 6.67. The minimum absolute atomic E-state index is 0.000469. The maximum absolute atomic E-state index is 12.2. The van der Waals surface area contributed by atoms with Crippen molar-refractivity contribution in [2.45, 2.75) is 6.92 Å². The lowest BCUT2D eigenvalue weighted by Gasteiger charge is -2.04. The van der Waals surface area contributed by atoms with Gasteiger partial charge in [-0.05, 0) is 18.5 Å². The number of H-pyrrole nitrogens is 1. The van der Waals surface area contributed by atoms with Gasteiger partial charge in [0.15, 0.2) is 0 Å². The number of amides is 1. The van der Waals surface area contributed by atoms with E-state index >= 15 is 0 Å². The Bertz CT molecular complexity index is 902.